The maximum absolute atomic E-state index is 13.5. The fourth-order valence-corrected chi connectivity index (χ4v) is 4.02. The Balaban J connectivity index is 1.73. The number of hydrogen-bond acceptors (Lipinski definition) is 2. The van der Waals surface area contributed by atoms with Crippen molar-refractivity contribution in [3.8, 4) is 0 Å². The molecule has 0 saturated heterocycles. The number of nitrogens with zero attached hydrogens (tertiary/aromatic N) is 1. The van der Waals surface area contributed by atoms with Gasteiger partial charge in [0.15, 0.2) is 0 Å². The minimum absolute atomic E-state index is 0.0311. The monoisotopic (exact) mass is 398 g/mol. The molecule has 0 unspecified atom stereocenters. The van der Waals surface area contributed by atoms with E-state index in [1.165, 1.54) is 24.0 Å². The number of para-hydroxylation sites is 1. The summed E-state index contributed by atoms with van der Waals surface area (Å²) in [5.74, 6) is 0.510. The summed E-state index contributed by atoms with van der Waals surface area (Å²) >= 11 is 0. The number of aryl methyl sites for hydroxylation is 1. The van der Waals surface area contributed by atoms with Gasteiger partial charge in [-0.15, -0.1) is 0 Å². The van der Waals surface area contributed by atoms with E-state index in [4.69, 9.17) is 0 Å². The Kier molecular flexibility index (Phi) is 5.89. The molecule has 3 aromatic carbocycles. The molecule has 0 aliphatic carbocycles. The van der Waals surface area contributed by atoms with E-state index in [1.54, 1.807) is 0 Å². The molecular weight excluding hydrogens is 368 g/mol. The Hall–Kier alpha value is -3.07. The van der Waals surface area contributed by atoms with Gasteiger partial charge in [-0.3, -0.25) is 9.69 Å². The first-order valence-electron chi connectivity index (χ1n) is 11.0. The van der Waals surface area contributed by atoms with Gasteiger partial charge in [0.2, 0.25) is 0 Å². The van der Waals surface area contributed by atoms with Gasteiger partial charge in [0.1, 0.15) is 6.17 Å². The zero-order chi connectivity index (χ0) is 21.1. The number of unbranched alkanes of at least 4 members (excludes halogenated alkanes) is 1. The normalized spacial score (nSPS) is 15.8. The van der Waals surface area contributed by atoms with Gasteiger partial charge in [-0.2, -0.15) is 0 Å². The van der Waals surface area contributed by atoms with Crippen molar-refractivity contribution < 1.29 is 4.79 Å². The third-order valence-electron chi connectivity index (χ3n) is 5.88. The fraction of sp³-hybridized carbons (Fsp3) is 0.296. The van der Waals surface area contributed by atoms with Gasteiger partial charge in [-0.1, -0.05) is 75.7 Å². The summed E-state index contributed by atoms with van der Waals surface area (Å²) in [5, 5.41) is 3.59. The summed E-state index contributed by atoms with van der Waals surface area (Å²) in [7, 11) is 0. The van der Waals surface area contributed by atoms with E-state index in [1.807, 2.05) is 29.2 Å². The van der Waals surface area contributed by atoms with Gasteiger partial charge in [-0.25, -0.2) is 0 Å². The van der Waals surface area contributed by atoms with Crippen molar-refractivity contribution in [2.75, 3.05) is 10.2 Å². The molecule has 0 radical (unpaired) electrons. The van der Waals surface area contributed by atoms with Crippen molar-refractivity contribution in [2.45, 2.75) is 52.1 Å². The van der Waals surface area contributed by atoms with Gasteiger partial charge >= 0.3 is 0 Å². The average Bonchev–Trinajstić information content (AvgIpc) is 2.78. The minimum atomic E-state index is -0.241. The summed E-state index contributed by atoms with van der Waals surface area (Å²) < 4.78 is 0. The van der Waals surface area contributed by atoms with Crippen LogP contribution in [0.3, 0.4) is 0 Å². The number of fused-ring (bicyclic) bond motifs is 1. The lowest BCUT2D eigenvalue weighted by molar-refractivity contribution is 0.0975. The van der Waals surface area contributed by atoms with Gasteiger partial charge in [-0.05, 0) is 59.7 Å². The maximum atomic E-state index is 13.5. The molecule has 1 aliphatic heterocycles. The summed E-state index contributed by atoms with van der Waals surface area (Å²) in [6, 6.07) is 24.8. The Bertz CT molecular complexity index is 1010. The highest BCUT2D eigenvalue weighted by Crippen LogP contribution is 2.37. The van der Waals surface area contributed by atoms with Crippen molar-refractivity contribution >= 4 is 17.3 Å². The Labute approximate surface area is 179 Å². The molecule has 1 aliphatic rings. The lowest BCUT2D eigenvalue weighted by Gasteiger charge is -2.38. The van der Waals surface area contributed by atoms with Crippen molar-refractivity contribution in [1.29, 1.82) is 0 Å². The molecule has 3 aromatic rings. The summed E-state index contributed by atoms with van der Waals surface area (Å²) in [6.07, 6.45) is 3.20. The average molecular weight is 399 g/mol. The molecule has 1 N–H and O–H groups in total. The van der Waals surface area contributed by atoms with Crippen molar-refractivity contribution in [1.82, 2.24) is 0 Å². The number of nitrogens with one attached hydrogen (secondary N) is 1. The van der Waals surface area contributed by atoms with Crippen molar-refractivity contribution in [2.24, 2.45) is 0 Å². The van der Waals surface area contributed by atoms with Gasteiger partial charge in [0.05, 0.1) is 5.56 Å². The number of anilines is 2. The van der Waals surface area contributed by atoms with Crippen molar-refractivity contribution in [3.63, 3.8) is 0 Å². The molecule has 154 valence electrons. The molecule has 3 heteroatoms. The van der Waals surface area contributed by atoms with E-state index >= 15 is 0 Å². The predicted molar refractivity (Wildman–Crippen MR) is 125 cm³/mol. The van der Waals surface area contributed by atoms with Crippen LogP contribution in [0.15, 0.2) is 72.8 Å². The molecule has 0 spiro atoms. The van der Waals surface area contributed by atoms with Crippen LogP contribution in [0.25, 0.3) is 0 Å². The summed E-state index contributed by atoms with van der Waals surface area (Å²) in [4.78, 5) is 15.4. The van der Waals surface area contributed by atoms with Gasteiger partial charge < -0.3 is 5.32 Å². The molecule has 0 saturated carbocycles. The first kappa shape index (κ1) is 20.2. The second-order valence-electron chi connectivity index (χ2n) is 8.36. The largest absolute Gasteiger partial charge is 0.360 e. The zero-order valence-corrected chi connectivity index (χ0v) is 18.1. The first-order valence-corrected chi connectivity index (χ1v) is 11.0. The SMILES string of the molecule is CCCCc1ccc(N2C(=O)c3ccccc3N[C@H]2c2ccc(C(C)C)cc2)cc1. The Morgan fingerprint density at radius 2 is 1.63 bits per heavy atom. The van der Waals surface area contributed by atoms with Crippen LogP contribution in [0.5, 0.6) is 0 Å². The molecule has 1 amide bonds. The highest BCUT2D eigenvalue weighted by molar-refractivity contribution is 6.12. The quantitative estimate of drug-likeness (QED) is 0.488. The van der Waals surface area contributed by atoms with E-state index in [-0.39, 0.29) is 12.1 Å². The zero-order valence-electron chi connectivity index (χ0n) is 18.1. The number of rotatable bonds is 6. The molecule has 4 rings (SSSR count). The van der Waals surface area contributed by atoms with Crippen molar-refractivity contribution in [3.05, 3.63) is 95.1 Å². The lowest BCUT2D eigenvalue weighted by Crippen LogP contribution is -2.43. The summed E-state index contributed by atoms with van der Waals surface area (Å²) in [6.45, 7) is 6.60. The second-order valence-corrected chi connectivity index (χ2v) is 8.36. The third-order valence-corrected chi connectivity index (χ3v) is 5.88. The molecule has 0 fully saturated rings. The number of carbonyl (C=O) groups is 1. The highest BCUT2D eigenvalue weighted by atomic mass is 16.2. The van der Waals surface area contributed by atoms with Crippen LogP contribution >= 0.6 is 0 Å². The van der Waals surface area contributed by atoms with Crippen LogP contribution in [0.2, 0.25) is 0 Å². The Morgan fingerprint density at radius 3 is 2.30 bits per heavy atom. The lowest BCUT2D eigenvalue weighted by atomic mass is 9.98. The predicted octanol–water partition coefficient (Wildman–Crippen LogP) is 6.92. The third kappa shape index (κ3) is 3.97. The maximum Gasteiger partial charge on any atom is 0.262 e. The van der Waals surface area contributed by atoms with E-state index in [2.05, 4.69) is 74.6 Å². The molecular formula is C27H30N2O. The minimum Gasteiger partial charge on any atom is -0.360 e. The van der Waals surface area contributed by atoms with Gasteiger partial charge in [0.25, 0.3) is 5.91 Å². The first-order chi connectivity index (χ1) is 14.6. The molecule has 1 heterocycles. The Morgan fingerprint density at radius 1 is 0.933 bits per heavy atom. The van der Waals surface area contributed by atoms with Crippen LogP contribution in [-0.4, -0.2) is 5.91 Å². The number of carbonyl (C=O) groups excluding carboxylic acids is 1. The fourth-order valence-electron chi connectivity index (χ4n) is 4.02. The topological polar surface area (TPSA) is 32.3 Å². The molecule has 0 aromatic heterocycles. The highest BCUT2D eigenvalue weighted by Gasteiger charge is 2.33. The van der Waals surface area contributed by atoms with Crippen LogP contribution in [0.1, 0.15) is 72.7 Å². The van der Waals surface area contributed by atoms with E-state index in [0.29, 0.717) is 11.5 Å². The second kappa shape index (κ2) is 8.74. The molecule has 3 nitrogen and oxygen atoms in total. The van der Waals surface area contributed by atoms with E-state index in [9.17, 15) is 4.79 Å². The van der Waals surface area contributed by atoms with Crippen LogP contribution in [0.4, 0.5) is 11.4 Å². The summed E-state index contributed by atoms with van der Waals surface area (Å²) in [5.41, 5.74) is 6.21. The number of hydrogen-bond donors (Lipinski definition) is 1. The van der Waals surface area contributed by atoms with Crippen LogP contribution in [-0.2, 0) is 6.42 Å². The molecule has 30 heavy (non-hydrogen) atoms. The van der Waals surface area contributed by atoms with Gasteiger partial charge in [0, 0.05) is 11.4 Å². The van der Waals surface area contributed by atoms with Crippen LogP contribution < -0.4 is 10.2 Å². The van der Waals surface area contributed by atoms with E-state index < -0.39 is 0 Å². The molecule has 1 atom stereocenters. The number of benzene rings is 3. The van der Waals surface area contributed by atoms with Crippen LogP contribution in [0, 0.1) is 0 Å². The standard InChI is InChI=1S/C27H30N2O/c1-4-5-8-20-11-17-23(18-12-20)29-26(22-15-13-21(14-16-22)19(2)3)28-25-10-7-6-9-24(25)27(29)30/h6-7,9-19,26,28H,4-5,8H2,1-3H3/t26-/m1/s1. The molecule has 0 bridgehead atoms. The number of amides is 1. The smallest absolute Gasteiger partial charge is 0.262 e. The van der Waals surface area contributed by atoms with E-state index in [0.717, 1.165) is 23.4 Å².